The Balaban J connectivity index is 1.95. The standard InChI is InChI=1S/C23H30N4O6S/c1-3-17(4-2)21(29)24-12-11-16-5-8-19(9-6-16)34(32,33)27-22(30)18-7-10-20(26-15-18)23(31)25-13-14-28/h5-10,15,17,28H,3-4,11-14H2,1-2H3,(H,24,29)(H,25,31)(H,27,30). The lowest BCUT2D eigenvalue weighted by Gasteiger charge is -2.13. The van der Waals surface area contributed by atoms with Gasteiger partial charge >= 0.3 is 0 Å². The van der Waals surface area contributed by atoms with Crippen LogP contribution in [0.3, 0.4) is 0 Å². The second kappa shape index (κ2) is 12.8. The Morgan fingerprint density at radius 1 is 0.941 bits per heavy atom. The minimum atomic E-state index is -4.12. The van der Waals surface area contributed by atoms with Crippen LogP contribution in [0.1, 0.15) is 53.1 Å². The summed E-state index contributed by atoms with van der Waals surface area (Å²) in [7, 11) is -4.12. The van der Waals surface area contributed by atoms with Crippen LogP contribution in [-0.4, -0.2) is 55.9 Å². The highest BCUT2D eigenvalue weighted by Crippen LogP contribution is 2.12. The summed E-state index contributed by atoms with van der Waals surface area (Å²) in [6.45, 7) is 4.22. The zero-order valence-corrected chi connectivity index (χ0v) is 20.0. The van der Waals surface area contributed by atoms with E-state index in [1.807, 2.05) is 18.6 Å². The number of rotatable bonds is 12. The van der Waals surface area contributed by atoms with Crippen molar-refractivity contribution < 1.29 is 27.9 Å². The molecule has 0 aliphatic rings. The highest BCUT2D eigenvalue weighted by atomic mass is 32.2. The van der Waals surface area contributed by atoms with Gasteiger partial charge in [-0.05, 0) is 49.1 Å². The fourth-order valence-electron chi connectivity index (χ4n) is 3.13. The topological polar surface area (TPSA) is 155 Å². The lowest BCUT2D eigenvalue weighted by atomic mass is 10.0. The van der Waals surface area contributed by atoms with E-state index in [9.17, 15) is 22.8 Å². The highest BCUT2D eigenvalue weighted by molar-refractivity contribution is 7.90. The lowest BCUT2D eigenvalue weighted by Crippen LogP contribution is -2.32. The van der Waals surface area contributed by atoms with Gasteiger partial charge in [-0.1, -0.05) is 26.0 Å². The Kier molecular flexibility index (Phi) is 10.1. The molecule has 1 heterocycles. The molecule has 0 aliphatic carbocycles. The average molecular weight is 491 g/mol. The minimum absolute atomic E-state index is 0.00838. The smallest absolute Gasteiger partial charge is 0.269 e. The lowest BCUT2D eigenvalue weighted by molar-refractivity contribution is -0.125. The van der Waals surface area contributed by atoms with Crippen LogP contribution in [0.25, 0.3) is 0 Å². The van der Waals surface area contributed by atoms with Gasteiger partial charge in [-0.25, -0.2) is 13.1 Å². The molecule has 2 rings (SSSR count). The third kappa shape index (κ3) is 7.63. The van der Waals surface area contributed by atoms with Gasteiger partial charge in [0.15, 0.2) is 0 Å². The molecule has 0 aliphatic heterocycles. The van der Waals surface area contributed by atoms with E-state index in [0.717, 1.165) is 24.6 Å². The molecule has 0 fully saturated rings. The van der Waals surface area contributed by atoms with Crippen LogP contribution in [0, 0.1) is 5.92 Å². The predicted octanol–water partition coefficient (Wildman–Crippen LogP) is 1.02. The largest absolute Gasteiger partial charge is 0.395 e. The second-order valence-electron chi connectivity index (χ2n) is 7.54. The number of aliphatic hydroxyl groups is 1. The molecule has 1 aromatic heterocycles. The molecular formula is C23H30N4O6S. The number of carbonyl (C=O) groups excluding carboxylic acids is 3. The van der Waals surface area contributed by atoms with Crippen LogP contribution < -0.4 is 15.4 Å². The number of carbonyl (C=O) groups is 3. The number of nitrogens with zero attached hydrogens (tertiary/aromatic N) is 1. The summed E-state index contributed by atoms with van der Waals surface area (Å²) >= 11 is 0. The summed E-state index contributed by atoms with van der Waals surface area (Å²) < 4.78 is 27.1. The summed E-state index contributed by atoms with van der Waals surface area (Å²) in [6, 6.07) is 8.60. The fourth-order valence-corrected chi connectivity index (χ4v) is 4.11. The molecule has 0 unspecified atom stereocenters. The molecule has 34 heavy (non-hydrogen) atoms. The van der Waals surface area contributed by atoms with Gasteiger partial charge in [0.2, 0.25) is 5.91 Å². The minimum Gasteiger partial charge on any atom is -0.395 e. The van der Waals surface area contributed by atoms with Gasteiger partial charge in [-0.2, -0.15) is 0 Å². The van der Waals surface area contributed by atoms with Crippen LogP contribution in [0.15, 0.2) is 47.5 Å². The quantitative estimate of drug-likeness (QED) is 0.346. The first-order valence-corrected chi connectivity index (χ1v) is 12.5. The van der Waals surface area contributed by atoms with Gasteiger partial charge in [0.05, 0.1) is 17.1 Å². The number of pyridine rings is 1. The van der Waals surface area contributed by atoms with Crippen molar-refractivity contribution in [3.8, 4) is 0 Å². The molecule has 0 radical (unpaired) electrons. The Morgan fingerprint density at radius 3 is 2.18 bits per heavy atom. The Morgan fingerprint density at radius 2 is 1.62 bits per heavy atom. The third-order valence-electron chi connectivity index (χ3n) is 5.19. The van der Waals surface area contributed by atoms with Crippen molar-refractivity contribution in [2.24, 2.45) is 5.92 Å². The van der Waals surface area contributed by atoms with Gasteiger partial charge in [0.1, 0.15) is 5.69 Å². The number of aliphatic hydroxyl groups excluding tert-OH is 1. The highest BCUT2D eigenvalue weighted by Gasteiger charge is 2.19. The molecule has 0 bridgehead atoms. The van der Waals surface area contributed by atoms with Gasteiger partial charge in [0, 0.05) is 25.2 Å². The maximum Gasteiger partial charge on any atom is 0.269 e. The number of aromatic nitrogens is 1. The maximum atomic E-state index is 12.6. The van der Waals surface area contributed by atoms with E-state index < -0.39 is 21.8 Å². The van der Waals surface area contributed by atoms with Crippen LogP contribution in [0.5, 0.6) is 0 Å². The normalized spacial score (nSPS) is 11.2. The first-order valence-electron chi connectivity index (χ1n) is 11.0. The van der Waals surface area contributed by atoms with Crippen LogP contribution in [0.4, 0.5) is 0 Å². The first kappa shape index (κ1) is 26.9. The van der Waals surface area contributed by atoms with Crippen molar-refractivity contribution in [2.75, 3.05) is 19.7 Å². The van der Waals surface area contributed by atoms with E-state index in [-0.39, 0.29) is 41.1 Å². The zero-order valence-electron chi connectivity index (χ0n) is 19.2. The van der Waals surface area contributed by atoms with Gasteiger partial charge in [-0.15, -0.1) is 0 Å². The number of hydrogen-bond acceptors (Lipinski definition) is 7. The van der Waals surface area contributed by atoms with Crippen LogP contribution in [-0.2, 0) is 21.2 Å². The van der Waals surface area contributed by atoms with Crippen LogP contribution in [0.2, 0.25) is 0 Å². The molecule has 1 aromatic carbocycles. The van der Waals surface area contributed by atoms with E-state index in [4.69, 9.17) is 5.11 Å². The molecule has 2 aromatic rings. The zero-order chi connectivity index (χ0) is 25.1. The Labute approximate surface area is 199 Å². The number of amides is 3. The fraction of sp³-hybridized carbons (Fsp3) is 0.391. The summed E-state index contributed by atoms with van der Waals surface area (Å²) in [5.74, 6) is -1.40. The molecule has 0 atom stereocenters. The third-order valence-corrected chi connectivity index (χ3v) is 6.53. The molecule has 11 heteroatoms. The average Bonchev–Trinajstić information content (AvgIpc) is 2.83. The number of benzene rings is 1. The van der Waals surface area contributed by atoms with E-state index in [1.54, 1.807) is 12.1 Å². The molecule has 0 saturated heterocycles. The molecule has 184 valence electrons. The Bertz CT molecular complexity index is 1080. The van der Waals surface area contributed by atoms with Crippen molar-refractivity contribution in [1.82, 2.24) is 20.3 Å². The van der Waals surface area contributed by atoms with E-state index in [2.05, 4.69) is 15.6 Å². The number of nitrogens with one attached hydrogen (secondary N) is 3. The molecule has 4 N–H and O–H groups in total. The van der Waals surface area contributed by atoms with Crippen molar-refractivity contribution in [3.05, 3.63) is 59.4 Å². The Hall–Kier alpha value is -3.31. The summed E-state index contributed by atoms with van der Waals surface area (Å²) in [6.07, 6.45) is 3.20. The van der Waals surface area contributed by atoms with Gasteiger partial charge < -0.3 is 15.7 Å². The van der Waals surface area contributed by atoms with E-state index in [1.165, 1.54) is 24.3 Å². The van der Waals surface area contributed by atoms with Crippen molar-refractivity contribution in [2.45, 2.75) is 38.0 Å². The van der Waals surface area contributed by atoms with Crippen molar-refractivity contribution in [3.63, 3.8) is 0 Å². The van der Waals surface area contributed by atoms with Crippen LogP contribution >= 0.6 is 0 Å². The number of sulfonamides is 1. The molecule has 0 saturated carbocycles. The summed E-state index contributed by atoms with van der Waals surface area (Å²) in [4.78, 5) is 39.9. The second-order valence-corrected chi connectivity index (χ2v) is 9.23. The SMILES string of the molecule is CCC(CC)C(=O)NCCc1ccc(S(=O)(=O)NC(=O)c2ccc(C(=O)NCCO)nc2)cc1. The maximum absolute atomic E-state index is 12.6. The molecule has 3 amide bonds. The molecule has 0 spiro atoms. The van der Waals surface area contributed by atoms with Crippen molar-refractivity contribution in [1.29, 1.82) is 0 Å². The first-order chi connectivity index (χ1) is 16.2. The predicted molar refractivity (Wildman–Crippen MR) is 126 cm³/mol. The van der Waals surface area contributed by atoms with Gasteiger partial charge in [0.25, 0.3) is 21.8 Å². The monoisotopic (exact) mass is 490 g/mol. The summed E-state index contributed by atoms with van der Waals surface area (Å²) in [5.41, 5.74) is 0.834. The van der Waals surface area contributed by atoms with E-state index >= 15 is 0 Å². The number of hydrogen-bond donors (Lipinski definition) is 4. The van der Waals surface area contributed by atoms with Crippen molar-refractivity contribution >= 4 is 27.7 Å². The molecule has 10 nitrogen and oxygen atoms in total. The van der Waals surface area contributed by atoms with Gasteiger partial charge in [-0.3, -0.25) is 19.4 Å². The van der Waals surface area contributed by atoms with E-state index in [0.29, 0.717) is 13.0 Å². The summed E-state index contributed by atoms with van der Waals surface area (Å²) in [5, 5.41) is 14.0. The molecular weight excluding hydrogens is 460 g/mol.